The van der Waals surface area contributed by atoms with Crippen molar-refractivity contribution in [2.75, 3.05) is 5.32 Å². The average Bonchev–Trinajstić information content (AvgIpc) is 2.32. The van der Waals surface area contributed by atoms with Crippen molar-refractivity contribution in [3.63, 3.8) is 0 Å². The second kappa shape index (κ2) is 4.91. The van der Waals surface area contributed by atoms with Gasteiger partial charge < -0.3 is 5.32 Å². The van der Waals surface area contributed by atoms with E-state index in [2.05, 4.69) is 27.2 Å². The highest BCUT2D eigenvalue weighted by Gasteiger charge is 2.01. The van der Waals surface area contributed by atoms with Gasteiger partial charge in [0.1, 0.15) is 5.82 Å². The van der Waals surface area contributed by atoms with Crippen LogP contribution in [0.25, 0.3) is 0 Å². The smallest absolute Gasteiger partial charge is 0.145 e. The maximum atomic E-state index is 4.42. The van der Waals surface area contributed by atoms with Crippen LogP contribution in [0.1, 0.15) is 22.5 Å². The van der Waals surface area contributed by atoms with Crippen LogP contribution in [0.15, 0.2) is 24.7 Å². The lowest BCUT2D eigenvalue weighted by Crippen LogP contribution is -2.05. The van der Waals surface area contributed by atoms with Gasteiger partial charge in [-0.3, -0.25) is 9.97 Å². The molecular weight excluding hydrogens is 212 g/mol. The normalized spacial score (nSPS) is 10.3. The molecule has 2 heterocycles. The van der Waals surface area contributed by atoms with E-state index in [-0.39, 0.29) is 0 Å². The standard InChI is InChI=1S/C13H16N4/c1-9-4-5-14-6-12(9)7-16-13-8-15-10(2)11(3)17-13/h4-6,8H,7H2,1-3H3,(H,16,17). The summed E-state index contributed by atoms with van der Waals surface area (Å²) in [5.41, 5.74) is 4.32. The summed E-state index contributed by atoms with van der Waals surface area (Å²) in [5.74, 6) is 0.802. The Morgan fingerprint density at radius 3 is 2.65 bits per heavy atom. The fraction of sp³-hybridized carbons (Fsp3) is 0.308. The van der Waals surface area contributed by atoms with Crippen LogP contribution in [0.2, 0.25) is 0 Å². The van der Waals surface area contributed by atoms with Crippen molar-refractivity contribution in [3.8, 4) is 0 Å². The largest absolute Gasteiger partial charge is 0.365 e. The molecule has 4 nitrogen and oxygen atoms in total. The molecule has 0 amide bonds. The molecule has 0 aliphatic heterocycles. The third-order valence-corrected chi connectivity index (χ3v) is 2.80. The SMILES string of the molecule is Cc1ccncc1CNc1cnc(C)c(C)n1. The van der Waals surface area contributed by atoms with E-state index in [1.165, 1.54) is 11.1 Å². The molecule has 0 saturated carbocycles. The van der Waals surface area contributed by atoms with Gasteiger partial charge >= 0.3 is 0 Å². The summed E-state index contributed by atoms with van der Waals surface area (Å²) in [6.07, 6.45) is 5.43. The fourth-order valence-electron chi connectivity index (χ4n) is 1.49. The minimum atomic E-state index is 0.719. The Hall–Kier alpha value is -1.97. The summed E-state index contributed by atoms with van der Waals surface area (Å²) >= 11 is 0. The van der Waals surface area contributed by atoms with Gasteiger partial charge in [-0.05, 0) is 38.0 Å². The number of nitrogens with zero attached hydrogens (tertiary/aromatic N) is 3. The Balaban J connectivity index is 2.08. The molecule has 0 aliphatic carbocycles. The summed E-state index contributed by atoms with van der Waals surface area (Å²) < 4.78 is 0. The molecule has 88 valence electrons. The third kappa shape index (κ3) is 2.78. The first-order chi connectivity index (χ1) is 8.16. The second-order valence-corrected chi connectivity index (χ2v) is 4.08. The van der Waals surface area contributed by atoms with Crippen LogP contribution in [-0.2, 0) is 6.54 Å². The van der Waals surface area contributed by atoms with Crippen LogP contribution >= 0.6 is 0 Å². The Morgan fingerprint density at radius 1 is 1.12 bits per heavy atom. The zero-order chi connectivity index (χ0) is 12.3. The Labute approximate surface area is 101 Å². The van der Waals surface area contributed by atoms with E-state index in [1.807, 2.05) is 26.1 Å². The molecule has 2 aromatic rings. The van der Waals surface area contributed by atoms with E-state index < -0.39 is 0 Å². The van der Waals surface area contributed by atoms with Gasteiger partial charge in [0.2, 0.25) is 0 Å². The first kappa shape index (κ1) is 11.5. The lowest BCUT2D eigenvalue weighted by molar-refractivity contribution is 1.00. The maximum Gasteiger partial charge on any atom is 0.145 e. The van der Waals surface area contributed by atoms with Crippen LogP contribution in [0, 0.1) is 20.8 Å². The van der Waals surface area contributed by atoms with Gasteiger partial charge in [0, 0.05) is 18.9 Å². The highest BCUT2D eigenvalue weighted by molar-refractivity contribution is 5.35. The minimum Gasteiger partial charge on any atom is -0.365 e. The van der Waals surface area contributed by atoms with Crippen LogP contribution < -0.4 is 5.32 Å². The molecule has 0 atom stereocenters. The molecule has 4 heteroatoms. The molecule has 1 N–H and O–H groups in total. The van der Waals surface area contributed by atoms with Crippen molar-refractivity contribution >= 4 is 5.82 Å². The highest BCUT2D eigenvalue weighted by atomic mass is 15.0. The van der Waals surface area contributed by atoms with Crippen LogP contribution in [-0.4, -0.2) is 15.0 Å². The minimum absolute atomic E-state index is 0.719. The molecule has 0 aliphatic rings. The molecule has 0 aromatic carbocycles. The summed E-state index contributed by atoms with van der Waals surface area (Å²) in [6.45, 7) is 6.71. The number of aryl methyl sites for hydroxylation is 3. The van der Waals surface area contributed by atoms with E-state index >= 15 is 0 Å². The number of pyridine rings is 1. The number of hydrogen-bond acceptors (Lipinski definition) is 4. The molecule has 2 rings (SSSR count). The van der Waals surface area contributed by atoms with Gasteiger partial charge in [0.05, 0.1) is 17.6 Å². The van der Waals surface area contributed by atoms with Crippen LogP contribution in [0.3, 0.4) is 0 Å². The predicted molar refractivity (Wildman–Crippen MR) is 67.8 cm³/mol. The third-order valence-electron chi connectivity index (χ3n) is 2.80. The summed E-state index contributed by atoms with van der Waals surface area (Å²) in [4.78, 5) is 12.8. The molecule has 17 heavy (non-hydrogen) atoms. The van der Waals surface area contributed by atoms with E-state index in [9.17, 15) is 0 Å². The van der Waals surface area contributed by atoms with Gasteiger partial charge in [-0.1, -0.05) is 0 Å². The van der Waals surface area contributed by atoms with E-state index in [1.54, 1.807) is 12.4 Å². The van der Waals surface area contributed by atoms with E-state index in [0.717, 1.165) is 23.8 Å². The summed E-state index contributed by atoms with van der Waals surface area (Å²) in [5, 5.41) is 3.26. The van der Waals surface area contributed by atoms with E-state index in [0.29, 0.717) is 0 Å². The quantitative estimate of drug-likeness (QED) is 0.876. The summed E-state index contributed by atoms with van der Waals surface area (Å²) in [7, 11) is 0. The molecule has 0 fully saturated rings. The topological polar surface area (TPSA) is 50.7 Å². The van der Waals surface area contributed by atoms with Crippen molar-refractivity contribution in [2.45, 2.75) is 27.3 Å². The fourth-order valence-corrected chi connectivity index (χ4v) is 1.49. The predicted octanol–water partition coefficient (Wildman–Crippen LogP) is 2.41. The van der Waals surface area contributed by atoms with Gasteiger partial charge in [-0.2, -0.15) is 0 Å². The van der Waals surface area contributed by atoms with Crippen molar-refractivity contribution in [3.05, 3.63) is 47.2 Å². The van der Waals surface area contributed by atoms with Crippen LogP contribution in [0.4, 0.5) is 5.82 Å². The Kier molecular flexibility index (Phi) is 3.32. The first-order valence-corrected chi connectivity index (χ1v) is 5.60. The zero-order valence-electron chi connectivity index (χ0n) is 10.4. The Bertz CT molecular complexity index is 523. The number of aromatic nitrogens is 3. The zero-order valence-corrected chi connectivity index (χ0v) is 10.4. The molecule has 0 radical (unpaired) electrons. The molecule has 0 spiro atoms. The van der Waals surface area contributed by atoms with E-state index in [4.69, 9.17) is 0 Å². The molecule has 2 aromatic heterocycles. The second-order valence-electron chi connectivity index (χ2n) is 4.08. The van der Waals surface area contributed by atoms with Gasteiger partial charge in [0.25, 0.3) is 0 Å². The number of hydrogen-bond donors (Lipinski definition) is 1. The number of nitrogens with one attached hydrogen (secondary N) is 1. The van der Waals surface area contributed by atoms with Crippen LogP contribution in [0.5, 0.6) is 0 Å². The molecule has 0 bridgehead atoms. The van der Waals surface area contributed by atoms with Gasteiger partial charge in [-0.25, -0.2) is 4.98 Å². The van der Waals surface area contributed by atoms with Gasteiger partial charge in [0.15, 0.2) is 0 Å². The highest BCUT2D eigenvalue weighted by Crippen LogP contribution is 2.10. The Morgan fingerprint density at radius 2 is 1.94 bits per heavy atom. The lowest BCUT2D eigenvalue weighted by Gasteiger charge is -2.08. The average molecular weight is 228 g/mol. The maximum absolute atomic E-state index is 4.42. The van der Waals surface area contributed by atoms with Crippen molar-refractivity contribution in [1.82, 2.24) is 15.0 Å². The molecule has 0 unspecified atom stereocenters. The monoisotopic (exact) mass is 228 g/mol. The summed E-state index contributed by atoms with van der Waals surface area (Å²) in [6, 6.07) is 2.00. The lowest BCUT2D eigenvalue weighted by atomic mass is 10.1. The number of rotatable bonds is 3. The number of anilines is 1. The van der Waals surface area contributed by atoms with Gasteiger partial charge in [-0.15, -0.1) is 0 Å². The molecular formula is C13H16N4. The molecule has 0 saturated heterocycles. The first-order valence-electron chi connectivity index (χ1n) is 5.60. The van der Waals surface area contributed by atoms with Crippen molar-refractivity contribution in [1.29, 1.82) is 0 Å². The van der Waals surface area contributed by atoms with Crippen molar-refractivity contribution < 1.29 is 0 Å². The van der Waals surface area contributed by atoms with Crippen molar-refractivity contribution in [2.24, 2.45) is 0 Å².